The Bertz CT molecular complexity index is 1340. The highest BCUT2D eigenvalue weighted by Gasteiger charge is 2.18. The van der Waals surface area contributed by atoms with E-state index in [2.05, 4.69) is 31.6 Å². The van der Waals surface area contributed by atoms with Gasteiger partial charge in [0.25, 0.3) is 17.7 Å². The van der Waals surface area contributed by atoms with Gasteiger partial charge < -0.3 is 46.0 Å². The summed E-state index contributed by atoms with van der Waals surface area (Å²) in [7, 11) is 5.16. The molecule has 0 fully saturated rings. The van der Waals surface area contributed by atoms with Gasteiger partial charge in [-0.1, -0.05) is 0 Å². The van der Waals surface area contributed by atoms with Crippen LogP contribution in [0.5, 0.6) is 0 Å². The Balaban J connectivity index is 0.00000253. The Hall–Kier alpha value is -4.10. The zero-order valence-electron chi connectivity index (χ0n) is 21.2. The maximum atomic E-state index is 12.9. The number of nitrogens with zero attached hydrogens (tertiary/aromatic N) is 4. The molecule has 0 atom stereocenters. The van der Waals surface area contributed by atoms with E-state index in [-0.39, 0.29) is 42.5 Å². The number of aryl methyl sites for hydroxylation is 3. The van der Waals surface area contributed by atoms with E-state index in [1.165, 1.54) is 0 Å². The fraction of sp³-hybridized carbons (Fsp3) is 0.304. The third-order valence-corrected chi connectivity index (χ3v) is 5.63. The highest BCUT2D eigenvalue weighted by atomic mass is 35.5. The molecule has 0 bridgehead atoms. The third-order valence-electron chi connectivity index (χ3n) is 5.63. The molecule has 4 heterocycles. The predicted octanol–water partition coefficient (Wildman–Crippen LogP) is 0.911. The summed E-state index contributed by atoms with van der Waals surface area (Å²) in [4.78, 5) is 42.2. The summed E-state index contributed by atoms with van der Waals surface area (Å²) in [6, 6.07) is 4.76. The fourth-order valence-electron chi connectivity index (χ4n) is 3.89. The van der Waals surface area contributed by atoms with Gasteiger partial charge in [-0.05, 0) is 18.2 Å². The normalized spacial score (nSPS) is 11.9. The molecule has 206 valence electrons. The van der Waals surface area contributed by atoms with Crippen molar-refractivity contribution in [2.45, 2.75) is 0 Å². The van der Waals surface area contributed by atoms with Crippen LogP contribution < -0.4 is 32.3 Å². The van der Waals surface area contributed by atoms with Crippen LogP contribution in [0.4, 0.5) is 17.1 Å². The van der Waals surface area contributed by atoms with Crippen LogP contribution in [0, 0.1) is 0 Å². The second-order valence-electron chi connectivity index (χ2n) is 8.47. The summed E-state index contributed by atoms with van der Waals surface area (Å²) in [6.45, 7) is 2.51. The number of carbonyl (C=O) groups is 3. The van der Waals surface area contributed by atoms with E-state index >= 15 is 0 Å². The molecule has 1 aliphatic heterocycles. The van der Waals surface area contributed by atoms with Gasteiger partial charge in [-0.3, -0.25) is 19.4 Å². The first kappa shape index (κ1) is 30.1. The monoisotopic (exact) mass is 566 g/mol. The molecule has 0 saturated heterocycles. The number of hydrogen-bond acceptors (Lipinski definition) is 7. The molecule has 0 saturated carbocycles. The smallest absolute Gasteiger partial charge is 0.272 e. The van der Waals surface area contributed by atoms with Crippen molar-refractivity contribution in [3.63, 3.8) is 0 Å². The Morgan fingerprint density at radius 3 is 1.87 bits per heavy atom. The number of halogens is 2. The van der Waals surface area contributed by atoms with Crippen molar-refractivity contribution in [1.29, 1.82) is 0 Å². The number of aliphatic imine (C=N–C) groups is 1. The first-order chi connectivity index (χ1) is 17.2. The lowest BCUT2D eigenvalue weighted by Gasteiger charge is -2.08. The second-order valence-corrected chi connectivity index (χ2v) is 8.47. The first-order valence-corrected chi connectivity index (χ1v) is 11.4. The van der Waals surface area contributed by atoms with Crippen molar-refractivity contribution in [2.24, 2.45) is 26.1 Å². The summed E-state index contributed by atoms with van der Waals surface area (Å²) in [5.41, 5.74) is 8.31. The molecule has 1 aliphatic rings. The van der Waals surface area contributed by atoms with Crippen LogP contribution in [-0.4, -0.2) is 63.6 Å². The lowest BCUT2D eigenvalue weighted by atomic mass is 10.3. The van der Waals surface area contributed by atoms with Crippen molar-refractivity contribution in [1.82, 2.24) is 29.7 Å². The Morgan fingerprint density at radius 1 is 0.842 bits per heavy atom. The Morgan fingerprint density at radius 2 is 1.37 bits per heavy atom. The minimum atomic E-state index is -0.382. The van der Waals surface area contributed by atoms with E-state index in [0.29, 0.717) is 47.2 Å². The average Bonchev–Trinajstić information content (AvgIpc) is 3.60. The zero-order valence-corrected chi connectivity index (χ0v) is 22.8. The number of nitrogens with one attached hydrogen (secondary N) is 5. The van der Waals surface area contributed by atoms with Gasteiger partial charge in [0.1, 0.15) is 17.1 Å². The van der Waals surface area contributed by atoms with Crippen LogP contribution in [0.3, 0.4) is 0 Å². The molecule has 0 aliphatic carbocycles. The van der Waals surface area contributed by atoms with E-state index in [1.54, 1.807) is 71.6 Å². The van der Waals surface area contributed by atoms with Crippen LogP contribution in [0.1, 0.15) is 31.5 Å². The molecule has 0 spiro atoms. The number of guanidine groups is 1. The number of nitrogens with two attached hydrogens (primary N) is 1. The number of nitrogen functional groups attached to an aromatic ring is 1. The molecule has 38 heavy (non-hydrogen) atoms. The maximum Gasteiger partial charge on any atom is 0.272 e. The van der Waals surface area contributed by atoms with Crippen LogP contribution in [0.15, 0.2) is 41.8 Å². The van der Waals surface area contributed by atoms with Crippen LogP contribution >= 0.6 is 24.8 Å². The minimum Gasteiger partial charge on any atom is -0.397 e. The second kappa shape index (κ2) is 12.9. The van der Waals surface area contributed by atoms with E-state index in [9.17, 15) is 14.4 Å². The molecular weight excluding hydrogens is 535 g/mol. The maximum absolute atomic E-state index is 12.9. The molecule has 0 radical (unpaired) electrons. The topological polar surface area (TPSA) is 165 Å². The van der Waals surface area contributed by atoms with Crippen molar-refractivity contribution in [3.8, 4) is 0 Å². The van der Waals surface area contributed by atoms with E-state index in [4.69, 9.17) is 5.73 Å². The quantitative estimate of drug-likeness (QED) is 0.222. The summed E-state index contributed by atoms with van der Waals surface area (Å²) >= 11 is 0. The first-order valence-electron chi connectivity index (χ1n) is 11.4. The SMILES string of the molecule is Cl.Cl.Cn1cc(NC(=O)c2cc(NC(=O)c3cc(N)cn3C)cn2C)cc1C(=O)NCCNC1=NCCN1. The number of anilines is 3. The highest BCUT2D eigenvalue weighted by molar-refractivity contribution is 6.07. The number of rotatable bonds is 8. The number of aromatic nitrogens is 3. The molecular formula is C23H32Cl2N10O3. The van der Waals surface area contributed by atoms with Gasteiger partial charge >= 0.3 is 0 Å². The average molecular weight is 567 g/mol. The van der Waals surface area contributed by atoms with E-state index < -0.39 is 0 Å². The predicted molar refractivity (Wildman–Crippen MR) is 152 cm³/mol. The van der Waals surface area contributed by atoms with E-state index in [0.717, 1.165) is 19.0 Å². The number of amides is 3. The third kappa shape index (κ3) is 7.01. The Kier molecular flexibility index (Phi) is 10.2. The van der Waals surface area contributed by atoms with Gasteiger partial charge in [0.15, 0.2) is 5.96 Å². The van der Waals surface area contributed by atoms with Gasteiger partial charge in [0.05, 0.1) is 23.6 Å². The molecule has 0 aromatic carbocycles. The largest absolute Gasteiger partial charge is 0.397 e. The molecule has 4 rings (SSSR count). The molecule has 7 N–H and O–H groups in total. The molecule has 13 nitrogen and oxygen atoms in total. The summed E-state index contributed by atoms with van der Waals surface area (Å²) < 4.78 is 4.88. The van der Waals surface area contributed by atoms with Gasteiger partial charge in [0, 0.05) is 59.4 Å². The molecule has 3 aromatic rings. The standard InChI is InChI=1S/C23H30N10O3.2ClH/c1-31-11-14(24)8-17(31)21(35)29-16-10-19(33(3)13-16)22(36)30-15-9-18(32(2)12-15)20(34)25-4-5-26-23-27-6-7-28-23;;/h8-13H,4-7,24H2,1-3H3,(H,25,34)(H,29,35)(H,30,36)(H2,26,27,28);2*1H. The summed E-state index contributed by atoms with van der Waals surface area (Å²) in [5, 5.41) is 14.6. The molecule has 0 unspecified atom stereocenters. The van der Waals surface area contributed by atoms with Crippen LogP contribution in [0.2, 0.25) is 0 Å². The molecule has 3 amide bonds. The minimum absolute atomic E-state index is 0. The van der Waals surface area contributed by atoms with Gasteiger partial charge in [-0.2, -0.15) is 0 Å². The van der Waals surface area contributed by atoms with Crippen molar-refractivity contribution < 1.29 is 14.4 Å². The lowest BCUT2D eigenvalue weighted by molar-refractivity contribution is 0.0944. The van der Waals surface area contributed by atoms with Crippen molar-refractivity contribution >= 4 is 65.6 Å². The summed E-state index contributed by atoms with van der Waals surface area (Å²) in [6.07, 6.45) is 4.95. The van der Waals surface area contributed by atoms with Gasteiger partial charge in [0.2, 0.25) is 0 Å². The molecule has 3 aromatic heterocycles. The highest BCUT2D eigenvalue weighted by Crippen LogP contribution is 2.19. The summed E-state index contributed by atoms with van der Waals surface area (Å²) in [5.74, 6) is -0.242. The molecule has 15 heteroatoms. The van der Waals surface area contributed by atoms with Gasteiger partial charge in [-0.15, -0.1) is 24.8 Å². The van der Waals surface area contributed by atoms with Crippen molar-refractivity contribution in [2.75, 3.05) is 42.5 Å². The fourth-order valence-corrected chi connectivity index (χ4v) is 3.89. The lowest BCUT2D eigenvalue weighted by Crippen LogP contribution is -2.39. The van der Waals surface area contributed by atoms with Gasteiger partial charge in [-0.25, -0.2) is 0 Å². The Labute approximate surface area is 232 Å². The van der Waals surface area contributed by atoms with E-state index in [1.807, 2.05) is 0 Å². The number of hydrogen-bond donors (Lipinski definition) is 6. The van der Waals surface area contributed by atoms with Crippen molar-refractivity contribution in [3.05, 3.63) is 53.9 Å². The van der Waals surface area contributed by atoms with Crippen LogP contribution in [0.25, 0.3) is 0 Å². The van der Waals surface area contributed by atoms with Crippen LogP contribution in [-0.2, 0) is 21.1 Å². The number of carbonyl (C=O) groups excluding carboxylic acids is 3. The zero-order chi connectivity index (χ0) is 25.8.